The minimum absolute atomic E-state index is 0.371. The lowest BCUT2D eigenvalue weighted by molar-refractivity contribution is -0.105. The molecule has 76 valence electrons. The van der Waals surface area contributed by atoms with Crippen LogP contribution in [0.2, 0.25) is 0 Å². The van der Waals surface area contributed by atoms with Gasteiger partial charge in [-0.2, -0.15) is 0 Å². The van der Waals surface area contributed by atoms with E-state index >= 15 is 0 Å². The van der Waals surface area contributed by atoms with Gasteiger partial charge in [0.2, 0.25) is 0 Å². The first kappa shape index (κ1) is 9.47. The zero-order valence-electron chi connectivity index (χ0n) is 8.97. The Bertz CT molecular complexity index is 191. The molecule has 3 atom stereocenters. The molecule has 2 rings (SSSR count). The van der Waals surface area contributed by atoms with E-state index in [4.69, 9.17) is 4.74 Å². The predicted molar refractivity (Wildman–Crippen MR) is 53.8 cm³/mol. The van der Waals surface area contributed by atoms with E-state index < -0.39 is 0 Å². The first-order valence-electron chi connectivity index (χ1n) is 5.47. The number of nitrogens with one attached hydrogen (secondary N) is 1. The van der Waals surface area contributed by atoms with Crippen LogP contribution in [0.1, 0.15) is 40.0 Å². The monoisotopic (exact) mass is 183 g/mol. The molecule has 2 fully saturated rings. The second-order valence-electron chi connectivity index (χ2n) is 5.31. The molecule has 1 heterocycles. The first-order chi connectivity index (χ1) is 6.09. The van der Waals surface area contributed by atoms with Crippen molar-refractivity contribution < 1.29 is 4.74 Å². The largest absolute Gasteiger partial charge is 0.374 e. The van der Waals surface area contributed by atoms with Crippen molar-refractivity contribution in [2.24, 2.45) is 5.41 Å². The van der Waals surface area contributed by atoms with Crippen LogP contribution in [-0.2, 0) is 4.74 Å². The molecular weight excluding hydrogens is 162 g/mol. The molecule has 0 aromatic rings. The molecule has 3 unspecified atom stereocenters. The average Bonchev–Trinajstić information content (AvgIpc) is 2.02. The quantitative estimate of drug-likeness (QED) is 0.619. The van der Waals surface area contributed by atoms with Crippen LogP contribution in [-0.4, -0.2) is 24.8 Å². The second-order valence-corrected chi connectivity index (χ2v) is 5.31. The molecule has 0 aromatic carbocycles. The number of morpholine rings is 1. The molecule has 1 saturated carbocycles. The van der Waals surface area contributed by atoms with E-state index in [1.807, 2.05) is 0 Å². The van der Waals surface area contributed by atoms with Crippen LogP contribution in [0.3, 0.4) is 0 Å². The van der Waals surface area contributed by atoms with Crippen LogP contribution in [0.5, 0.6) is 0 Å². The summed E-state index contributed by atoms with van der Waals surface area (Å²) in [5.74, 6) is 0. The van der Waals surface area contributed by atoms with Crippen molar-refractivity contribution in [2.45, 2.75) is 58.2 Å². The van der Waals surface area contributed by atoms with Crippen molar-refractivity contribution in [1.82, 2.24) is 5.32 Å². The molecule has 1 N–H and O–H groups in total. The number of ether oxygens (including phenoxy) is 1. The maximum atomic E-state index is 5.95. The van der Waals surface area contributed by atoms with E-state index in [0.29, 0.717) is 23.6 Å². The summed E-state index contributed by atoms with van der Waals surface area (Å²) in [4.78, 5) is 0. The molecule has 0 spiro atoms. The summed E-state index contributed by atoms with van der Waals surface area (Å²) in [5.41, 5.74) is 0.371. The van der Waals surface area contributed by atoms with Gasteiger partial charge < -0.3 is 10.1 Å². The van der Waals surface area contributed by atoms with E-state index in [2.05, 4.69) is 26.1 Å². The first-order valence-corrected chi connectivity index (χ1v) is 5.47. The fraction of sp³-hybridized carbons (Fsp3) is 1.00. The molecule has 0 aromatic heterocycles. The van der Waals surface area contributed by atoms with E-state index in [1.165, 1.54) is 19.3 Å². The Labute approximate surface area is 81.0 Å². The minimum Gasteiger partial charge on any atom is -0.374 e. The van der Waals surface area contributed by atoms with Crippen LogP contribution in [0.4, 0.5) is 0 Å². The number of hydrogen-bond donors (Lipinski definition) is 1. The Hall–Kier alpha value is -0.0800. The summed E-state index contributed by atoms with van der Waals surface area (Å²) in [5, 5.41) is 3.65. The Morgan fingerprint density at radius 1 is 1.38 bits per heavy atom. The van der Waals surface area contributed by atoms with E-state index in [9.17, 15) is 0 Å². The van der Waals surface area contributed by atoms with Crippen LogP contribution in [0, 0.1) is 5.41 Å². The molecular formula is C11H21NO. The smallest absolute Gasteiger partial charge is 0.0779 e. The number of rotatable bonds is 0. The van der Waals surface area contributed by atoms with Gasteiger partial charge in [0.05, 0.1) is 12.7 Å². The van der Waals surface area contributed by atoms with Crippen LogP contribution in [0.25, 0.3) is 0 Å². The van der Waals surface area contributed by atoms with E-state index in [-0.39, 0.29) is 0 Å². The van der Waals surface area contributed by atoms with Gasteiger partial charge in [-0.3, -0.25) is 0 Å². The SMILES string of the molecule is CC1COC2C(CCCC2(C)C)N1. The molecule has 0 amide bonds. The lowest BCUT2D eigenvalue weighted by Crippen LogP contribution is -2.59. The zero-order valence-corrected chi connectivity index (χ0v) is 8.97. The summed E-state index contributed by atoms with van der Waals surface area (Å²) in [6.07, 6.45) is 4.39. The lowest BCUT2D eigenvalue weighted by Gasteiger charge is -2.48. The molecule has 1 saturated heterocycles. The van der Waals surface area contributed by atoms with Gasteiger partial charge in [-0.25, -0.2) is 0 Å². The molecule has 13 heavy (non-hydrogen) atoms. The highest BCUT2D eigenvalue weighted by molar-refractivity contribution is 4.96. The van der Waals surface area contributed by atoms with Crippen molar-refractivity contribution in [3.05, 3.63) is 0 Å². The Morgan fingerprint density at radius 3 is 2.92 bits per heavy atom. The van der Waals surface area contributed by atoms with Crippen LogP contribution >= 0.6 is 0 Å². The number of fused-ring (bicyclic) bond motifs is 1. The van der Waals surface area contributed by atoms with Gasteiger partial charge in [0.1, 0.15) is 0 Å². The van der Waals surface area contributed by atoms with Crippen LogP contribution in [0.15, 0.2) is 0 Å². The molecule has 0 bridgehead atoms. The molecule has 2 nitrogen and oxygen atoms in total. The van der Waals surface area contributed by atoms with Gasteiger partial charge in [0, 0.05) is 12.1 Å². The third kappa shape index (κ3) is 1.75. The average molecular weight is 183 g/mol. The Morgan fingerprint density at radius 2 is 2.15 bits per heavy atom. The molecule has 0 radical (unpaired) electrons. The van der Waals surface area contributed by atoms with Gasteiger partial charge >= 0.3 is 0 Å². The summed E-state index contributed by atoms with van der Waals surface area (Å²) in [7, 11) is 0. The van der Waals surface area contributed by atoms with Gasteiger partial charge in [-0.05, 0) is 25.2 Å². The van der Waals surface area contributed by atoms with Crippen molar-refractivity contribution in [3.8, 4) is 0 Å². The Kier molecular flexibility index (Phi) is 2.37. The maximum absolute atomic E-state index is 5.95. The van der Waals surface area contributed by atoms with Crippen molar-refractivity contribution in [2.75, 3.05) is 6.61 Å². The normalized spacial score (nSPS) is 44.1. The molecule has 1 aliphatic heterocycles. The predicted octanol–water partition coefficient (Wildman–Crippen LogP) is 1.94. The minimum atomic E-state index is 0.371. The van der Waals surface area contributed by atoms with Gasteiger partial charge in [-0.1, -0.05) is 20.3 Å². The third-order valence-electron chi connectivity index (χ3n) is 3.50. The topological polar surface area (TPSA) is 21.3 Å². The van der Waals surface area contributed by atoms with Crippen molar-refractivity contribution >= 4 is 0 Å². The van der Waals surface area contributed by atoms with Gasteiger partial charge in [0.15, 0.2) is 0 Å². The fourth-order valence-electron chi connectivity index (χ4n) is 2.79. The summed E-state index contributed by atoms with van der Waals surface area (Å²) < 4.78 is 5.95. The number of hydrogen-bond acceptors (Lipinski definition) is 2. The lowest BCUT2D eigenvalue weighted by atomic mass is 9.72. The van der Waals surface area contributed by atoms with E-state index in [0.717, 1.165) is 6.61 Å². The third-order valence-corrected chi connectivity index (χ3v) is 3.50. The Balaban J connectivity index is 2.08. The summed E-state index contributed by atoms with van der Waals surface area (Å²) >= 11 is 0. The van der Waals surface area contributed by atoms with E-state index in [1.54, 1.807) is 0 Å². The molecule has 2 heteroatoms. The maximum Gasteiger partial charge on any atom is 0.0779 e. The van der Waals surface area contributed by atoms with Crippen molar-refractivity contribution in [3.63, 3.8) is 0 Å². The van der Waals surface area contributed by atoms with Gasteiger partial charge in [-0.15, -0.1) is 0 Å². The highest BCUT2D eigenvalue weighted by Gasteiger charge is 2.42. The summed E-state index contributed by atoms with van der Waals surface area (Å²) in [6.45, 7) is 7.76. The van der Waals surface area contributed by atoms with Crippen LogP contribution < -0.4 is 5.32 Å². The second kappa shape index (κ2) is 3.25. The zero-order chi connectivity index (χ0) is 9.47. The fourth-order valence-corrected chi connectivity index (χ4v) is 2.79. The molecule has 1 aliphatic carbocycles. The van der Waals surface area contributed by atoms with Gasteiger partial charge in [0.25, 0.3) is 0 Å². The highest BCUT2D eigenvalue weighted by atomic mass is 16.5. The molecule has 2 aliphatic rings. The highest BCUT2D eigenvalue weighted by Crippen LogP contribution is 2.39. The van der Waals surface area contributed by atoms with Crippen molar-refractivity contribution in [1.29, 1.82) is 0 Å². The summed E-state index contributed by atoms with van der Waals surface area (Å²) in [6, 6.07) is 1.14. The standard InChI is InChI=1S/C11H21NO/c1-8-7-13-10-9(12-8)5-4-6-11(10,2)3/h8-10,12H,4-7H2,1-3H3.